The van der Waals surface area contributed by atoms with Gasteiger partial charge in [-0.25, -0.2) is 4.39 Å². The lowest BCUT2D eigenvalue weighted by atomic mass is 9.90. The van der Waals surface area contributed by atoms with E-state index in [9.17, 15) is 4.39 Å². The molecule has 1 aliphatic carbocycles. The van der Waals surface area contributed by atoms with Crippen LogP contribution in [0.3, 0.4) is 0 Å². The minimum absolute atomic E-state index is 0.180. The van der Waals surface area contributed by atoms with Crippen molar-refractivity contribution < 1.29 is 4.39 Å². The van der Waals surface area contributed by atoms with Gasteiger partial charge in [-0.1, -0.05) is 33.6 Å². The molecule has 0 bridgehead atoms. The Balaban J connectivity index is 2.21. The Morgan fingerprint density at radius 2 is 2.25 bits per heavy atom. The van der Waals surface area contributed by atoms with Crippen molar-refractivity contribution in [1.29, 1.82) is 0 Å². The van der Waals surface area contributed by atoms with E-state index in [2.05, 4.69) is 15.9 Å². The topological polar surface area (TPSA) is 26.0 Å². The number of nitrogens with two attached hydrogens (primary N) is 1. The predicted octanol–water partition coefficient (Wildman–Crippen LogP) is 3.87. The first-order valence-electron chi connectivity index (χ1n) is 5.55. The molecule has 16 heavy (non-hydrogen) atoms. The van der Waals surface area contributed by atoms with E-state index >= 15 is 0 Å². The van der Waals surface area contributed by atoms with Crippen molar-refractivity contribution in [3.63, 3.8) is 0 Å². The molecule has 0 aromatic heterocycles. The normalized spacial score (nSPS) is 23.7. The van der Waals surface area contributed by atoms with E-state index in [1.165, 1.54) is 11.6 Å². The molecule has 1 atom stereocenters. The number of halogens is 2. The van der Waals surface area contributed by atoms with Gasteiger partial charge in [-0.3, -0.25) is 0 Å². The Morgan fingerprint density at radius 3 is 2.94 bits per heavy atom. The molecule has 1 saturated carbocycles. The summed E-state index contributed by atoms with van der Waals surface area (Å²) in [5, 5.41) is 0. The van der Waals surface area contributed by atoms with Crippen molar-refractivity contribution in [2.75, 3.05) is 0 Å². The van der Waals surface area contributed by atoms with Gasteiger partial charge in [-0.05, 0) is 37.8 Å². The maximum atomic E-state index is 13.6. The molecule has 1 aliphatic rings. The van der Waals surface area contributed by atoms with Crippen LogP contribution in [0.25, 0.3) is 6.08 Å². The molecule has 2 N–H and O–H groups in total. The van der Waals surface area contributed by atoms with Crippen LogP contribution in [-0.2, 0) is 0 Å². The minimum Gasteiger partial charge on any atom is -0.327 e. The van der Waals surface area contributed by atoms with Gasteiger partial charge in [0.25, 0.3) is 0 Å². The lowest BCUT2D eigenvalue weighted by Gasteiger charge is -2.20. The molecule has 0 spiro atoms. The predicted molar refractivity (Wildman–Crippen MR) is 68.5 cm³/mol. The van der Waals surface area contributed by atoms with Gasteiger partial charge in [-0.2, -0.15) is 0 Å². The van der Waals surface area contributed by atoms with Gasteiger partial charge in [0.1, 0.15) is 5.82 Å². The molecule has 0 radical (unpaired) electrons. The van der Waals surface area contributed by atoms with Crippen LogP contribution in [0.4, 0.5) is 4.39 Å². The zero-order valence-electron chi connectivity index (χ0n) is 9.05. The van der Waals surface area contributed by atoms with Crippen molar-refractivity contribution in [3.05, 3.63) is 39.6 Å². The third-order valence-corrected chi connectivity index (χ3v) is 3.41. The lowest BCUT2D eigenvalue weighted by Crippen LogP contribution is -2.23. The summed E-state index contributed by atoms with van der Waals surface area (Å²) >= 11 is 3.25. The van der Waals surface area contributed by atoms with Crippen LogP contribution in [0.2, 0.25) is 0 Å². The summed E-state index contributed by atoms with van der Waals surface area (Å²) in [4.78, 5) is 0. The van der Waals surface area contributed by atoms with Gasteiger partial charge in [0.2, 0.25) is 0 Å². The average molecular weight is 284 g/mol. The van der Waals surface area contributed by atoms with E-state index in [1.807, 2.05) is 12.1 Å². The molecule has 1 unspecified atom stereocenters. The second-order valence-electron chi connectivity index (χ2n) is 4.32. The van der Waals surface area contributed by atoms with E-state index in [-0.39, 0.29) is 11.9 Å². The summed E-state index contributed by atoms with van der Waals surface area (Å²) in [6.07, 6.45) is 6.09. The van der Waals surface area contributed by atoms with Crippen LogP contribution in [0.1, 0.15) is 31.2 Å². The molecule has 0 saturated heterocycles. The summed E-state index contributed by atoms with van der Waals surface area (Å²) in [6, 6.07) is 5.40. The highest BCUT2D eigenvalue weighted by Crippen LogP contribution is 2.26. The first-order chi connectivity index (χ1) is 7.65. The first kappa shape index (κ1) is 11.8. The number of rotatable bonds is 1. The van der Waals surface area contributed by atoms with Crippen LogP contribution in [0.5, 0.6) is 0 Å². The molecule has 0 amide bonds. The Kier molecular flexibility index (Phi) is 3.77. The Labute approximate surface area is 104 Å². The summed E-state index contributed by atoms with van der Waals surface area (Å²) in [5.74, 6) is -0.180. The molecule has 2 rings (SSSR count). The summed E-state index contributed by atoms with van der Waals surface area (Å²) in [7, 11) is 0. The smallest absolute Gasteiger partial charge is 0.131 e. The second-order valence-corrected chi connectivity index (χ2v) is 5.24. The maximum Gasteiger partial charge on any atom is 0.131 e. The molecule has 0 aliphatic heterocycles. The Hall–Kier alpha value is -0.670. The highest BCUT2D eigenvalue weighted by Gasteiger charge is 2.13. The first-order valence-corrected chi connectivity index (χ1v) is 6.34. The zero-order chi connectivity index (χ0) is 11.5. The second kappa shape index (κ2) is 5.11. The van der Waals surface area contributed by atoms with Crippen molar-refractivity contribution >= 4 is 22.0 Å². The third-order valence-electron chi connectivity index (χ3n) is 2.92. The molecule has 1 aromatic carbocycles. The van der Waals surface area contributed by atoms with Crippen LogP contribution in [0, 0.1) is 5.82 Å². The van der Waals surface area contributed by atoms with E-state index in [0.717, 1.165) is 30.2 Å². The Morgan fingerprint density at radius 1 is 1.44 bits per heavy atom. The SMILES string of the molecule is NC1CCCC(=Cc2ccc(Br)cc2F)C1. The fourth-order valence-electron chi connectivity index (χ4n) is 2.10. The maximum absolute atomic E-state index is 13.6. The number of hydrogen-bond acceptors (Lipinski definition) is 1. The van der Waals surface area contributed by atoms with Gasteiger partial charge in [0.15, 0.2) is 0 Å². The molecular weight excluding hydrogens is 269 g/mol. The number of hydrogen-bond donors (Lipinski definition) is 1. The van der Waals surface area contributed by atoms with Crippen molar-refractivity contribution in [2.24, 2.45) is 5.73 Å². The van der Waals surface area contributed by atoms with E-state index in [0.29, 0.717) is 5.56 Å². The minimum atomic E-state index is -0.180. The van der Waals surface area contributed by atoms with Gasteiger partial charge < -0.3 is 5.73 Å². The standard InChI is InChI=1S/C13H15BrFN/c14-11-5-4-10(13(15)8-11)6-9-2-1-3-12(16)7-9/h4-6,8,12H,1-3,7,16H2. The molecule has 86 valence electrons. The fraction of sp³-hybridized carbons (Fsp3) is 0.385. The average Bonchev–Trinajstić information content (AvgIpc) is 2.22. The fourth-order valence-corrected chi connectivity index (χ4v) is 2.43. The molecule has 0 heterocycles. The molecule has 3 heteroatoms. The van der Waals surface area contributed by atoms with Gasteiger partial charge in [0, 0.05) is 16.1 Å². The van der Waals surface area contributed by atoms with Crippen molar-refractivity contribution in [1.82, 2.24) is 0 Å². The van der Waals surface area contributed by atoms with Crippen molar-refractivity contribution in [3.8, 4) is 0 Å². The van der Waals surface area contributed by atoms with E-state index in [1.54, 1.807) is 6.07 Å². The van der Waals surface area contributed by atoms with Gasteiger partial charge in [0.05, 0.1) is 0 Å². The highest BCUT2D eigenvalue weighted by molar-refractivity contribution is 9.10. The molecule has 1 nitrogen and oxygen atoms in total. The monoisotopic (exact) mass is 283 g/mol. The molecule has 1 aromatic rings. The van der Waals surface area contributed by atoms with Gasteiger partial charge in [-0.15, -0.1) is 0 Å². The van der Waals surface area contributed by atoms with Crippen LogP contribution < -0.4 is 5.73 Å². The lowest BCUT2D eigenvalue weighted by molar-refractivity contribution is 0.520. The largest absolute Gasteiger partial charge is 0.327 e. The van der Waals surface area contributed by atoms with Crippen molar-refractivity contribution in [2.45, 2.75) is 31.7 Å². The molecular formula is C13H15BrFN. The summed E-state index contributed by atoms with van der Waals surface area (Å²) in [5.41, 5.74) is 7.82. The van der Waals surface area contributed by atoms with Crippen LogP contribution in [0.15, 0.2) is 28.2 Å². The van der Waals surface area contributed by atoms with Crippen LogP contribution >= 0.6 is 15.9 Å². The highest BCUT2D eigenvalue weighted by atomic mass is 79.9. The molecule has 1 fully saturated rings. The third kappa shape index (κ3) is 2.92. The van der Waals surface area contributed by atoms with E-state index in [4.69, 9.17) is 5.73 Å². The van der Waals surface area contributed by atoms with Gasteiger partial charge >= 0.3 is 0 Å². The number of benzene rings is 1. The van der Waals surface area contributed by atoms with E-state index < -0.39 is 0 Å². The summed E-state index contributed by atoms with van der Waals surface area (Å²) < 4.78 is 14.4. The summed E-state index contributed by atoms with van der Waals surface area (Å²) in [6.45, 7) is 0. The zero-order valence-corrected chi connectivity index (χ0v) is 10.6. The van der Waals surface area contributed by atoms with Crippen LogP contribution in [-0.4, -0.2) is 6.04 Å². The quantitative estimate of drug-likeness (QED) is 0.832. The Bertz CT molecular complexity index is 414.